The molecular weight excluding hydrogens is 326 g/mol. The van der Waals surface area contributed by atoms with Crippen LogP contribution in [-0.4, -0.2) is 9.78 Å². The molecule has 0 aliphatic heterocycles. The lowest BCUT2D eigenvalue weighted by Gasteiger charge is -2.12. The highest BCUT2D eigenvalue weighted by atomic mass is 79.9. The van der Waals surface area contributed by atoms with Crippen molar-refractivity contribution in [2.75, 3.05) is 5.32 Å². The third-order valence-electron chi connectivity index (χ3n) is 3.31. The van der Waals surface area contributed by atoms with Crippen LogP contribution in [0.15, 0.2) is 71.5 Å². The quantitative estimate of drug-likeness (QED) is 0.749. The monoisotopic (exact) mass is 341 g/mol. The van der Waals surface area contributed by atoms with Gasteiger partial charge in [0.15, 0.2) is 0 Å². The maximum Gasteiger partial charge on any atom is 0.0679 e. The van der Waals surface area contributed by atoms with Crippen LogP contribution in [0.4, 0.5) is 5.69 Å². The van der Waals surface area contributed by atoms with Gasteiger partial charge in [-0.1, -0.05) is 46.3 Å². The van der Waals surface area contributed by atoms with Crippen LogP contribution in [0.5, 0.6) is 0 Å². The number of rotatable bonds is 5. The summed E-state index contributed by atoms with van der Waals surface area (Å²) < 4.78 is 3.03. The number of benzene rings is 2. The predicted octanol–water partition coefficient (Wildman–Crippen LogP) is 4.31. The van der Waals surface area contributed by atoms with E-state index in [1.807, 2.05) is 16.9 Å². The van der Waals surface area contributed by atoms with Crippen LogP contribution >= 0.6 is 15.9 Å². The fourth-order valence-electron chi connectivity index (χ4n) is 2.20. The molecule has 0 amide bonds. The number of hydrogen-bond donors (Lipinski definition) is 1. The molecule has 1 heterocycles. The van der Waals surface area contributed by atoms with Crippen LogP contribution in [0.25, 0.3) is 0 Å². The molecule has 0 aliphatic rings. The Hall–Kier alpha value is -2.07. The summed E-state index contributed by atoms with van der Waals surface area (Å²) in [5, 5.41) is 7.77. The molecule has 0 fully saturated rings. The molecule has 0 radical (unpaired) electrons. The number of nitrogens with zero attached hydrogens (tertiary/aromatic N) is 2. The van der Waals surface area contributed by atoms with Gasteiger partial charge in [0.1, 0.15) is 0 Å². The van der Waals surface area contributed by atoms with E-state index in [1.165, 1.54) is 11.1 Å². The van der Waals surface area contributed by atoms with Crippen molar-refractivity contribution in [2.24, 2.45) is 0 Å². The molecule has 3 nitrogen and oxygen atoms in total. The molecule has 0 spiro atoms. The van der Waals surface area contributed by atoms with E-state index in [4.69, 9.17) is 0 Å². The molecule has 0 bridgehead atoms. The fraction of sp³-hybridized carbons (Fsp3) is 0.118. The molecule has 2 aromatic carbocycles. The largest absolute Gasteiger partial charge is 0.381 e. The second-order valence-corrected chi connectivity index (χ2v) is 5.76. The highest BCUT2D eigenvalue weighted by Gasteiger charge is 2.03. The van der Waals surface area contributed by atoms with Crippen LogP contribution in [0, 0.1) is 0 Å². The summed E-state index contributed by atoms with van der Waals surface area (Å²) >= 11 is 3.46. The van der Waals surface area contributed by atoms with E-state index in [1.54, 1.807) is 6.20 Å². The normalized spacial score (nSPS) is 10.5. The molecule has 106 valence electrons. The number of aromatic nitrogens is 2. The van der Waals surface area contributed by atoms with E-state index in [0.29, 0.717) is 0 Å². The van der Waals surface area contributed by atoms with Crippen LogP contribution in [0.3, 0.4) is 0 Å². The minimum Gasteiger partial charge on any atom is -0.381 e. The molecule has 21 heavy (non-hydrogen) atoms. The van der Waals surface area contributed by atoms with Crippen molar-refractivity contribution in [3.05, 3.63) is 82.6 Å². The molecule has 0 aliphatic carbocycles. The first-order chi connectivity index (χ1) is 10.3. The average Bonchev–Trinajstić information content (AvgIpc) is 3.01. The van der Waals surface area contributed by atoms with Crippen LogP contribution in [0.2, 0.25) is 0 Å². The van der Waals surface area contributed by atoms with E-state index in [9.17, 15) is 0 Å². The summed E-state index contributed by atoms with van der Waals surface area (Å²) in [7, 11) is 0. The number of nitrogens with one attached hydrogen (secondary N) is 1. The van der Waals surface area contributed by atoms with Crippen molar-refractivity contribution in [3.63, 3.8) is 0 Å². The zero-order valence-corrected chi connectivity index (χ0v) is 13.1. The highest BCUT2D eigenvalue weighted by molar-refractivity contribution is 9.10. The topological polar surface area (TPSA) is 29.9 Å². The standard InChI is InChI=1S/C17H16BrN3/c18-16-8-6-14(7-9-16)12-19-17-5-2-1-4-15(17)13-21-11-3-10-20-21/h1-11,19H,12-13H2. The molecule has 1 N–H and O–H groups in total. The lowest BCUT2D eigenvalue weighted by molar-refractivity contribution is 0.687. The Kier molecular flexibility index (Phi) is 4.36. The van der Waals surface area contributed by atoms with Gasteiger partial charge in [-0.2, -0.15) is 5.10 Å². The average molecular weight is 342 g/mol. The maximum absolute atomic E-state index is 4.26. The van der Waals surface area contributed by atoms with Crippen molar-refractivity contribution >= 4 is 21.6 Å². The summed E-state index contributed by atoms with van der Waals surface area (Å²) in [6.07, 6.45) is 3.78. The molecule has 0 unspecified atom stereocenters. The Balaban J connectivity index is 1.71. The summed E-state index contributed by atoms with van der Waals surface area (Å²) in [5.74, 6) is 0. The number of para-hydroxylation sites is 1. The molecule has 1 aromatic heterocycles. The Morgan fingerprint density at radius 1 is 1.00 bits per heavy atom. The third kappa shape index (κ3) is 3.73. The highest BCUT2D eigenvalue weighted by Crippen LogP contribution is 2.18. The molecule has 4 heteroatoms. The van der Waals surface area contributed by atoms with Crippen molar-refractivity contribution < 1.29 is 0 Å². The van der Waals surface area contributed by atoms with Crippen molar-refractivity contribution in [2.45, 2.75) is 13.1 Å². The second kappa shape index (κ2) is 6.59. The Morgan fingerprint density at radius 2 is 1.81 bits per heavy atom. The second-order valence-electron chi connectivity index (χ2n) is 4.84. The zero-order chi connectivity index (χ0) is 14.5. The Morgan fingerprint density at radius 3 is 2.57 bits per heavy atom. The lowest BCUT2D eigenvalue weighted by atomic mass is 10.1. The summed E-state index contributed by atoms with van der Waals surface area (Å²) in [4.78, 5) is 0. The first-order valence-corrected chi connectivity index (χ1v) is 7.64. The summed E-state index contributed by atoms with van der Waals surface area (Å²) in [5.41, 5.74) is 3.64. The lowest BCUT2D eigenvalue weighted by Crippen LogP contribution is -2.06. The first-order valence-electron chi connectivity index (χ1n) is 6.85. The van der Waals surface area contributed by atoms with Gasteiger partial charge in [-0.15, -0.1) is 0 Å². The van der Waals surface area contributed by atoms with Gasteiger partial charge in [-0.25, -0.2) is 0 Å². The van der Waals surface area contributed by atoms with E-state index in [0.717, 1.165) is 23.2 Å². The summed E-state index contributed by atoms with van der Waals surface area (Å²) in [6.45, 7) is 1.58. The first kappa shape index (κ1) is 13.9. The smallest absolute Gasteiger partial charge is 0.0679 e. The van der Waals surface area contributed by atoms with Gasteiger partial charge in [-0.3, -0.25) is 4.68 Å². The Bertz CT molecular complexity index is 690. The van der Waals surface area contributed by atoms with Crippen molar-refractivity contribution in [1.29, 1.82) is 0 Å². The molecular formula is C17H16BrN3. The number of hydrogen-bond acceptors (Lipinski definition) is 2. The van der Waals surface area contributed by atoms with E-state index >= 15 is 0 Å². The van der Waals surface area contributed by atoms with Crippen LogP contribution < -0.4 is 5.32 Å². The van der Waals surface area contributed by atoms with Gasteiger partial charge >= 0.3 is 0 Å². The van der Waals surface area contributed by atoms with E-state index in [-0.39, 0.29) is 0 Å². The zero-order valence-electron chi connectivity index (χ0n) is 11.5. The van der Waals surface area contributed by atoms with Gasteiger partial charge < -0.3 is 5.32 Å². The minimum absolute atomic E-state index is 0.774. The molecule has 3 rings (SSSR count). The van der Waals surface area contributed by atoms with Gasteiger partial charge in [0.25, 0.3) is 0 Å². The van der Waals surface area contributed by atoms with Gasteiger partial charge in [0.2, 0.25) is 0 Å². The Labute approximate surface area is 132 Å². The molecule has 0 saturated carbocycles. The number of anilines is 1. The van der Waals surface area contributed by atoms with E-state index in [2.05, 4.69) is 74.9 Å². The maximum atomic E-state index is 4.26. The van der Waals surface area contributed by atoms with Gasteiger partial charge in [-0.05, 0) is 35.4 Å². The fourth-order valence-corrected chi connectivity index (χ4v) is 2.46. The van der Waals surface area contributed by atoms with Gasteiger partial charge in [0, 0.05) is 29.1 Å². The van der Waals surface area contributed by atoms with Crippen molar-refractivity contribution in [1.82, 2.24) is 9.78 Å². The van der Waals surface area contributed by atoms with Gasteiger partial charge in [0.05, 0.1) is 6.54 Å². The molecule has 3 aromatic rings. The summed E-state index contributed by atoms with van der Waals surface area (Å²) in [6, 6.07) is 18.7. The molecule has 0 atom stereocenters. The van der Waals surface area contributed by atoms with Crippen LogP contribution in [0.1, 0.15) is 11.1 Å². The SMILES string of the molecule is Brc1ccc(CNc2ccccc2Cn2cccn2)cc1. The molecule has 0 saturated heterocycles. The minimum atomic E-state index is 0.774. The van der Waals surface area contributed by atoms with E-state index < -0.39 is 0 Å². The predicted molar refractivity (Wildman–Crippen MR) is 89.2 cm³/mol. The van der Waals surface area contributed by atoms with Crippen LogP contribution in [-0.2, 0) is 13.1 Å². The third-order valence-corrected chi connectivity index (χ3v) is 3.83. The van der Waals surface area contributed by atoms with Crippen molar-refractivity contribution in [3.8, 4) is 0 Å². The number of halogens is 1.